The van der Waals surface area contributed by atoms with Gasteiger partial charge in [0.1, 0.15) is 5.82 Å². The Morgan fingerprint density at radius 3 is 2.94 bits per heavy atom. The molecule has 1 aromatic heterocycles. The van der Waals surface area contributed by atoms with Gasteiger partial charge in [-0.25, -0.2) is 4.39 Å². The van der Waals surface area contributed by atoms with Crippen LogP contribution in [-0.4, -0.2) is 49.5 Å². The second-order valence-electron chi connectivity index (χ2n) is 11.0. The van der Waals surface area contributed by atoms with Gasteiger partial charge in [-0.3, -0.25) is 4.90 Å². The van der Waals surface area contributed by atoms with Crippen LogP contribution < -0.4 is 4.74 Å². The maximum absolute atomic E-state index is 14.8. The molecule has 7 heteroatoms. The van der Waals surface area contributed by atoms with E-state index < -0.39 is 23.2 Å². The first-order valence-electron chi connectivity index (χ1n) is 12.5. The first-order valence-corrected chi connectivity index (χ1v) is 12.5. The van der Waals surface area contributed by atoms with E-state index in [0.717, 1.165) is 39.8 Å². The largest absolute Gasteiger partial charge is 0.504 e. The summed E-state index contributed by atoms with van der Waals surface area (Å²) in [7, 11) is 0. The third-order valence-electron chi connectivity index (χ3n) is 9.67. The summed E-state index contributed by atoms with van der Waals surface area (Å²) < 4.78 is 23.7. The first-order chi connectivity index (χ1) is 16.9. The standard InChI is InChI=1S/C28H27FN2O4/c1-2-7-30-9-6-27-22-14-3-4-20(33)25(22)35-26(27)24-18(13-28(27,34)21(30)10-14)16-11-15(29)12-17-19(32)5-8-31(24)23(16)17/h2-4,11-12,19,21,26,32-34H,1,5-10,13H2/t19-,21-,26-,27-,28+/m0/s1. The molecule has 6 nitrogen and oxygen atoms in total. The molecule has 35 heavy (non-hydrogen) atoms. The lowest BCUT2D eigenvalue weighted by molar-refractivity contribution is -0.171. The van der Waals surface area contributed by atoms with Crippen molar-refractivity contribution in [3.63, 3.8) is 0 Å². The first kappa shape index (κ1) is 20.3. The Kier molecular flexibility index (Phi) is 3.64. The second kappa shape index (κ2) is 6.27. The molecule has 0 amide bonds. The van der Waals surface area contributed by atoms with Gasteiger partial charge in [-0.15, -0.1) is 6.58 Å². The third-order valence-corrected chi connectivity index (χ3v) is 9.67. The van der Waals surface area contributed by atoms with Gasteiger partial charge in [0.2, 0.25) is 0 Å². The summed E-state index contributed by atoms with van der Waals surface area (Å²) in [5.74, 6) is 0.198. The van der Waals surface area contributed by atoms with Crippen LogP contribution in [0.2, 0.25) is 0 Å². The lowest BCUT2D eigenvalue weighted by atomic mass is 9.49. The Balaban J connectivity index is 1.49. The number of hydrogen-bond acceptors (Lipinski definition) is 5. The number of aliphatic hydroxyl groups excluding tert-OH is 1. The van der Waals surface area contributed by atoms with Crippen molar-refractivity contribution in [2.75, 3.05) is 13.1 Å². The molecule has 5 atom stereocenters. The number of ether oxygens (including phenoxy) is 1. The summed E-state index contributed by atoms with van der Waals surface area (Å²) in [5, 5.41) is 35.1. The Hall–Kier alpha value is -2.87. The van der Waals surface area contributed by atoms with E-state index >= 15 is 0 Å². The number of hydrogen-bond donors (Lipinski definition) is 3. The third kappa shape index (κ3) is 2.10. The molecule has 3 N–H and O–H groups in total. The number of likely N-dealkylation sites (tertiary alicyclic amines) is 1. The van der Waals surface area contributed by atoms with Crippen molar-refractivity contribution in [1.29, 1.82) is 0 Å². The minimum Gasteiger partial charge on any atom is -0.504 e. The molecule has 180 valence electrons. The van der Waals surface area contributed by atoms with Crippen LogP contribution in [-0.2, 0) is 24.8 Å². The molecule has 0 unspecified atom stereocenters. The van der Waals surface area contributed by atoms with Crippen LogP contribution >= 0.6 is 0 Å². The molecule has 2 bridgehead atoms. The maximum atomic E-state index is 14.8. The highest BCUT2D eigenvalue weighted by molar-refractivity contribution is 5.90. The van der Waals surface area contributed by atoms with Crippen LogP contribution in [0.5, 0.6) is 11.5 Å². The molecule has 3 aliphatic heterocycles. The van der Waals surface area contributed by atoms with E-state index in [1.54, 1.807) is 12.1 Å². The molecule has 3 aromatic rings. The number of phenolic OH excluding ortho intramolecular Hbond substituents is 1. The number of benzene rings is 2. The summed E-state index contributed by atoms with van der Waals surface area (Å²) in [6.45, 7) is 6.01. The molecule has 1 spiro atoms. The molecule has 0 saturated carbocycles. The predicted octanol–water partition coefficient (Wildman–Crippen LogP) is 3.40. The summed E-state index contributed by atoms with van der Waals surface area (Å²) in [6, 6.07) is 6.50. The molecule has 2 aliphatic carbocycles. The van der Waals surface area contributed by atoms with Gasteiger partial charge in [-0.05, 0) is 48.6 Å². The van der Waals surface area contributed by atoms with Crippen LogP contribution in [0.15, 0.2) is 36.9 Å². The van der Waals surface area contributed by atoms with E-state index in [1.807, 2.05) is 12.1 Å². The molecule has 5 aliphatic rings. The van der Waals surface area contributed by atoms with Gasteiger partial charge in [-0.1, -0.05) is 12.1 Å². The number of aromatic hydroxyl groups is 1. The Morgan fingerprint density at radius 1 is 1.26 bits per heavy atom. The van der Waals surface area contributed by atoms with Crippen LogP contribution in [0.1, 0.15) is 53.0 Å². The highest BCUT2D eigenvalue weighted by Gasteiger charge is 2.73. The minimum atomic E-state index is -1.16. The van der Waals surface area contributed by atoms with Crippen LogP contribution in [0.4, 0.5) is 4.39 Å². The Labute approximate surface area is 201 Å². The van der Waals surface area contributed by atoms with Crippen molar-refractivity contribution < 1.29 is 24.4 Å². The normalized spacial score (nSPS) is 33.9. The SMILES string of the molecule is C=CCN1CC[C@]23c4c5ccc(O)c4O[C@H]2c2c(c4cc(F)cc6c4n2CC[C@@H]6O)C[C@@]3(O)[C@@H]1C5. The summed E-state index contributed by atoms with van der Waals surface area (Å²) in [5.41, 5.74) is 3.51. The number of aliphatic hydroxyl groups is 2. The molecular formula is C28H27FN2O4. The van der Waals surface area contributed by atoms with E-state index in [4.69, 9.17) is 4.74 Å². The minimum absolute atomic E-state index is 0.0975. The van der Waals surface area contributed by atoms with Crippen LogP contribution in [0.3, 0.4) is 0 Å². The summed E-state index contributed by atoms with van der Waals surface area (Å²) >= 11 is 0. The van der Waals surface area contributed by atoms with Crippen LogP contribution in [0, 0.1) is 5.82 Å². The number of fused-ring (bicyclic) bond motifs is 4. The molecule has 2 aromatic carbocycles. The number of nitrogens with zero attached hydrogens (tertiary/aromatic N) is 2. The lowest BCUT2D eigenvalue weighted by Crippen LogP contribution is -2.74. The van der Waals surface area contributed by atoms with Gasteiger partial charge >= 0.3 is 0 Å². The quantitative estimate of drug-likeness (QED) is 0.497. The van der Waals surface area contributed by atoms with E-state index in [0.29, 0.717) is 50.1 Å². The van der Waals surface area contributed by atoms with Crippen molar-refractivity contribution in [2.45, 2.75) is 61.5 Å². The van der Waals surface area contributed by atoms with Crippen molar-refractivity contribution >= 4 is 10.9 Å². The zero-order chi connectivity index (χ0) is 23.9. The smallest absolute Gasteiger partial charge is 0.166 e. The van der Waals surface area contributed by atoms with Gasteiger partial charge in [0, 0.05) is 48.6 Å². The second-order valence-corrected chi connectivity index (χ2v) is 11.0. The molecule has 0 radical (unpaired) electrons. The number of halogens is 1. The number of aromatic nitrogens is 1. The number of rotatable bonds is 2. The van der Waals surface area contributed by atoms with Gasteiger partial charge in [0.25, 0.3) is 0 Å². The van der Waals surface area contributed by atoms with Gasteiger partial charge in [0.15, 0.2) is 17.6 Å². The topological polar surface area (TPSA) is 78.1 Å². The van der Waals surface area contributed by atoms with E-state index in [1.165, 1.54) is 6.07 Å². The fourth-order valence-corrected chi connectivity index (χ4v) is 8.41. The highest BCUT2D eigenvalue weighted by atomic mass is 19.1. The zero-order valence-corrected chi connectivity index (χ0v) is 19.3. The van der Waals surface area contributed by atoms with E-state index in [-0.39, 0.29) is 17.6 Å². The van der Waals surface area contributed by atoms with E-state index in [9.17, 15) is 19.7 Å². The molecule has 8 rings (SSSR count). The highest BCUT2D eigenvalue weighted by Crippen LogP contribution is 2.69. The zero-order valence-electron chi connectivity index (χ0n) is 19.3. The van der Waals surface area contributed by atoms with Crippen molar-refractivity contribution in [3.8, 4) is 11.5 Å². The number of phenols is 1. The predicted molar refractivity (Wildman–Crippen MR) is 127 cm³/mol. The molecule has 1 saturated heterocycles. The van der Waals surface area contributed by atoms with Crippen molar-refractivity contribution in [2.24, 2.45) is 0 Å². The van der Waals surface area contributed by atoms with Crippen molar-refractivity contribution in [1.82, 2.24) is 9.47 Å². The van der Waals surface area contributed by atoms with Gasteiger partial charge in [-0.2, -0.15) is 0 Å². The fraction of sp³-hybridized carbons (Fsp3) is 0.429. The lowest BCUT2D eigenvalue weighted by Gasteiger charge is -2.62. The number of aryl methyl sites for hydroxylation is 1. The number of piperidine rings is 1. The van der Waals surface area contributed by atoms with Gasteiger partial charge < -0.3 is 24.6 Å². The maximum Gasteiger partial charge on any atom is 0.166 e. The van der Waals surface area contributed by atoms with Crippen LogP contribution in [0.25, 0.3) is 10.9 Å². The molecule has 4 heterocycles. The van der Waals surface area contributed by atoms with Gasteiger partial charge in [0.05, 0.1) is 28.3 Å². The summed E-state index contributed by atoms with van der Waals surface area (Å²) in [4.78, 5) is 2.31. The molecule has 1 fully saturated rings. The van der Waals surface area contributed by atoms with Crippen molar-refractivity contribution in [3.05, 3.63) is 70.7 Å². The Bertz CT molecular complexity index is 1480. The Morgan fingerprint density at radius 2 is 2.11 bits per heavy atom. The summed E-state index contributed by atoms with van der Waals surface area (Å²) in [6.07, 6.45) is 2.87. The average molecular weight is 475 g/mol. The average Bonchev–Trinajstić information content (AvgIpc) is 3.32. The monoisotopic (exact) mass is 474 g/mol. The molecular weight excluding hydrogens is 447 g/mol. The van der Waals surface area contributed by atoms with E-state index in [2.05, 4.69) is 16.0 Å². The fourth-order valence-electron chi connectivity index (χ4n) is 8.41.